The van der Waals surface area contributed by atoms with Gasteiger partial charge in [0.25, 0.3) is 0 Å². The zero-order valence-corrected chi connectivity index (χ0v) is 14.7. The van der Waals surface area contributed by atoms with Crippen molar-refractivity contribution in [2.75, 3.05) is 0 Å². The minimum atomic E-state index is 0.143. The highest BCUT2D eigenvalue weighted by atomic mass is 16.3. The van der Waals surface area contributed by atoms with Crippen molar-refractivity contribution in [2.24, 2.45) is 7.05 Å². The maximum Gasteiger partial charge on any atom is 0.173 e. The summed E-state index contributed by atoms with van der Waals surface area (Å²) in [6.45, 7) is 3.80. The summed E-state index contributed by atoms with van der Waals surface area (Å²) in [6.07, 6.45) is 0. The SMILES string of the molecule is Cc1ccc(-c2nn(C)c(-c3nc4cc5c(cc4[nH]3)CNC5)c2O)cc1. The van der Waals surface area contributed by atoms with Gasteiger partial charge in [0.1, 0.15) is 11.4 Å². The molecule has 4 aromatic rings. The van der Waals surface area contributed by atoms with Gasteiger partial charge in [-0.2, -0.15) is 5.10 Å². The van der Waals surface area contributed by atoms with Crippen LogP contribution in [0.5, 0.6) is 5.75 Å². The summed E-state index contributed by atoms with van der Waals surface area (Å²) in [5, 5.41) is 18.7. The lowest BCUT2D eigenvalue weighted by Gasteiger charge is -1.99. The third-order valence-electron chi connectivity index (χ3n) is 5.01. The normalized spacial score (nSPS) is 13.5. The number of nitrogens with zero attached hydrogens (tertiary/aromatic N) is 3. The first-order valence-electron chi connectivity index (χ1n) is 8.66. The highest BCUT2D eigenvalue weighted by Gasteiger charge is 2.22. The maximum absolute atomic E-state index is 10.8. The van der Waals surface area contributed by atoms with Crippen molar-refractivity contribution in [3.05, 3.63) is 53.1 Å². The Kier molecular flexibility index (Phi) is 3.17. The Hall–Kier alpha value is -3.12. The van der Waals surface area contributed by atoms with E-state index in [9.17, 15) is 5.11 Å². The number of hydrogen-bond donors (Lipinski definition) is 3. The number of aromatic nitrogens is 4. The summed E-state index contributed by atoms with van der Waals surface area (Å²) >= 11 is 0. The second-order valence-electron chi connectivity index (χ2n) is 6.86. The van der Waals surface area contributed by atoms with Crippen molar-refractivity contribution in [2.45, 2.75) is 20.0 Å². The van der Waals surface area contributed by atoms with Gasteiger partial charge >= 0.3 is 0 Å². The fraction of sp³-hybridized carbons (Fsp3) is 0.200. The van der Waals surface area contributed by atoms with E-state index in [4.69, 9.17) is 4.98 Å². The van der Waals surface area contributed by atoms with Gasteiger partial charge in [-0.15, -0.1) is 0 Å². The number of rotatable bonds is 2. The molecule has 2 aromatic carbocycles. The molecule has 3 heterocycles. The predicted molar refractivity (Wildman–Crippen MR) is 101 cm³/mol. The first-order valence-corrected chi connectivity index (χ1v) is 8.66. The summed E-state index contributed by atoms with van der Waals surface area (Å²) < 4.78 is 1.68. The summed E-state index contributed by atoms with van der Waals surface area (Å²) in [5.74, 6) is 0.770. The van der Waals surface area contributed by atoms with E-state index in [2.05, 4.69) is 27.5 Å². The average molecular weight is 345 g/mol. The molecule has 1 aliphatic heterocycles. The summed E-state index contributed by atoms with van der Waals surface area (Å²) in [5.41, 5.74) is 7.66. The standard InChI is InChI=1S/C20H19N5O/c1-11-3-5-12(6-4-11)17-19(26)18(25(2)24-17)20-22-15-7-13-9-21-10-14(13)8-16(15)23-20/h3-8,21,26H,9-10H2,1-2H3,(H,22,23). The van der Waals surface area contributed by atoms with Gasteiger partial charge in [0.15, 0.2) is 11.6 Å². The molecule has 2 aromatic heterocycles. The van der Waals surface area contributed by atoms with Gasteiger partial charge in [-0.3, -0.25) is 4.68 Å². The van der Waals surface area contributed by atoms with Crippen molar-refractivity contribution in [1.82, 2.24) is 25.1 Å². The Morgan fingerprint density at radius 2 is 1.81 bits per heavy atom. The van der Waals surface area contributed by atoms with Crippen LogP contribution in [0.25, 0.3) is 33.8 Å². The Labute approximate surface area is 150 Å². The molecule has 130 valence electrons. The van der Waals surface area contributed by atoms with Crippen LogP contribution in [0.2, 0.25) is 0 Å². The molecule has 3 N–H and O–H groups in total. The van der Waals surface area contributed by atoms with Crippen LogP contribution in [0, 0.1) is 6.92 Å². The van der Waals surface area contributed by atoms with Crippen molar-refractivity contribution >= 4 is 11.0 Å². The largest absolute Gasteiger partial charge is 0.504 e. The lowest BCUT2D eigenvalue weighted by molar-refractivity contribution is 0.478. The third-order valence-corrected chi connectivity index (χ3v) is 5.01. The molecule has 6 nitrogen and oxygen atoms in total. The molecular formula is C20H19N5O. The van der Waals surface area contributed by atoms with E-state index in [0.717, 1.165) is 29.7 Å². The number of fused-ring (bicyclic) bond motifs is 2. The molecule has 1 aliphatic rings. The summed E-state index contributed by atoms with van der Waals surface area (Å²) in [6, 6.07) is 12.2. The van der Waals surface area contributed by atoms with Gasteiger partial charge in [-0.25, -0.2) is 4.98 Å². The van der Waals surface area contributed by atoms with Crippen LogP contribution in [-0.4, -0.2) is 24.9 Å². The number of H-pyrrole nitrogens is 1. The molecule has 0 radical (unpaired) electrons. The zero-order chi connectivity index (χ0) is 17.8. The van der Waals surface area contributed by atoms with Gasteiger partial charge in [0, 0.05) is 25.7 Å². The van der Waals surface area contributed by atoms with Crippen LogP contribution in [0.15, 0.2) is 36.4 Å². The highest BCUT2D eigenvalue weighted by Crippen LogP contribution is 2.37. The zero-order valence-electron chi connectivity index (χ0n) is 14.7. The number of aryl methyl sites for hydroxylation is 2. The van der Waals surface area contributed by atoms with Gasteiger partial charge < -0.3 is 15.4 Å². The number of hydrogen-bond acceptors (Lipinski definition) is 4. The Balaban J connectivity index is 1.64. The lowest BCUT2D eigenvalue weighted by Crippen LogP contribution is -1.99. The molecule has 0 unspecified atom stereocenters. The Morgan fingerprint density at radius 3 is 2.58 bits per heavy atom. The van der Waals surface area contributed by atoms with E-state index in [1.54, 1.807) is 4.68 Å². The Bertz CT molecular complexity index is 1100. The fourth-order valence-corrected chi connectivity index (χ4v) is 3.60. The number of benzene rings is 2. The number of aromatic amines is 1. The molecule has 0 saturated heterocycles. The van der Waals surface area contributed by atoms with E-state index < -0.39 is 0 Å². The molecule has 0 spiro atoms. The topological polar surface area (TPSA) is 78.8 Å². The van der Waals surface area contributed by atoms with Crippen LogP contribution in [0.1, 0.15) is 16.7 Å². The second kappa shape index (κ2) is 5.44. The second-order valence-corrected chi connectivity index (χ2v) is 6.86. The lowest BCUT2D eigenvalue weighted by atomic mass is 10.1. The molecular weight excluding hydrogens is 326 g/mol. The fourth-order valence-electron chi connectivity index (χ4n) is 3.60. The smallest absolute Gasteiger partial charge is 0.173 e. The summed E-state index contributed by atoms with van der Waals surface area (Å²) in [4.78, 5) is 8.04. The van der Waals surface area contributed by atoms with Gasteiger partial charge in [0.2, 0.25) is 0 Å². The van der Waals surface area contributed by atoms with Crippen LogP contribution in [0.3, 0.4) is 0 Å². The van der Waals surface area contributed by atoms with Gasteiger partial charge in [0.05, 0.1) is 11.0 Å². The van der Waals surface area contributed by atoms with Crippen molar-refractivity contribution in [3.8, 4) is 28.5 Å². The van der Waals surface area contributed by atoms with Crippen LogP contribution in [-0.2, 0) is 20.1 Å². The van der Waals surface area contributed by atoms with Crippen LogP contribution < -0.4 is 5.32 Å². The van der Waals surface area contributed by atoms with E-state index >= 15 is 0 Å². The highest BCUT2D eigenvalue weighted by molar-refractivity contribution is 5.83. The van der Waals surface area contributed by atoms with Gasteiger partial charge in [-0.05, 0) is 30.2 Å². The van der Waals surface area contributed by atoms with Crippen molar-refractivity contribution in [1.29, 1.82) is 0 Å². The molecule has 0 saturated carbocycles. The first-order chi connectivity index (χ1) is 12.6. The molecule has 5 rings (SSSR count). The van der Waals surface area contributed by atoms with Crippen LogP contribution >= 0.6 is 0 Å². The molecule has 26 heavy (non-hydrogen) atoms. The van der Waals surface area contributed by atoms with E-state index in [1.807, 2.05) is 38.2 Å². The average Bonchev–Trinajstić information content (AvgIpc) is 3.30. The monoisotopic (exact) mass is 345 g/mol. The molecule has 0 aliphatic carbocycles. The predicted octanol–water partition coefficient (Wildman–Crippen LogP) is 3.25. The first kappa shape index (κ1) is 15.2. The number of nitrogens with one attached hydrogen (secondary N) is 2. The van der Waals surface area contributed by atoms with Crippen molar-refractivity contribution < 1.29 is 5.11 Å². The van der Waals surface area contributed by atoms with Crippen molar-refractivity contribution in [3.63, 3.8) is 0 Å². The molecule has 0 fully saturated rings. The van der Waals surface area contributed by atoms with Gasteiger partial charge in [-0.1, -0.05) is 29.8 Å². The minimum Gasteiger partial charge on any atom is -0.504 e. The minimum absolute atomic E-state index is 0.143. The van der Waals surface area contributed by atoms with E-state index in [0.29, 0.717) is 17.2 Å². The van der Waals surface area contributed by atoms with E-state index in [-0.39, 0.29) is 5.75 Å². The van der Waals surface area contributed by atoms with Crippen LogP contribution in [0.4, 0.5) is 0 Å². The quantitative estimate of drug-likeness (QED) is 0.521. The molecule has 6 heteroatoms. The maximum atomic E-state index is 10.8. The summed E-state index contributed by atoms with van der Waals surface area (Å²) in [7, 11) is 1.82. The number of aromatic hydroxyl groups is 1. The third kappa shape index (κ3) is 2.23. The van der Waals surface area contributed by atoms with E-state index in [1.165, 1.54) is 16.7 Å². The molecule has 0 amide bonds. The number of imidazole rings is 1. The Morgan fingerprint density at radius 1 is 1.08 bits per heavy atom. The molecule has 0 bridgehead atoms. The molecule has 0 atom stereocenters.